The lowest BCUT2D eigenvalue weighted by atomic mass is 9.44. The van der Waals surface area contributed by atoms with Crippen LogP contribution >= 0.6 is 11.8 Å². The average Bonchev–Trinajstić information content (AvgIpc) is 3.39. The standard InChI is InChI=1S/C38H57NO6S.HI/c1-6-36(4)25-31(37(5)27(2)16-20-38(28(3)35(36)44)21-17-30(40)34(37)38)45-33(43)26-46-29-18-23-39(24-19-29)22-14-12-10-8-7-9-11-13-15-32(41)42;/h6,18-19,23-24,27-28,31,34-35,44H,1,7-17,20-22,25-26H2,2-5H3;1H/t27-,28+,31-,34+,35+,36-,37+,38+;/m1./s1. The molecule has 0 saturated heterocycles. The Morgan fingerprint density at radius 1 is 1.04 bits per heavy atom. The first-order valence-electron chi connectivity index (χ1n) is 17.7. The molecule has 0 aliphatic heterocycles. The van der Waals surface area contributed by atoms with Gasteiger partial charge in [0.15, 0.2) is 12.4 Å². The number of aryl methyl sites for hydroxylation is 1. The number of thioether (sulfide) groups is 1. The first-order valence-corrected chi connectivity index (χ1v) is 18.7. The Morgan fingerprint density at radius 2 is 1.66 bits per heavy atom. The van der Waals surface area contributed by atoms with Gasteiger partial charge in [-0.2, -0.15) is 0 Å². The summed E-state index contributed by atoms with van der Waals surface area (Å²) in [6.45, 7) is 13.6. The van der Waals surface area contributed by atoms with E-state index < -0.39 is 29.0 Å². The van der Waals surface area contributed by atoms with Gasteiger partial charge in [0.25, 0.3) is 0 Å². The van der Waals surface area contributed by atoms with Gasteiger partial charge in [-0.25, -0.2) is 4.57 Å². The lowest BCUT2D eigenvalue weighted by molar-refractivity contribution is -0.697. The summed E-state index contributed by atoms with van der Waals surface area (Å²) in [7, 11) is 0. The second-order valence-corrected chi connectivity index (χ2v) is 16.1. The summed E-state index contributed by atoms with van der Waals surface area (Å²) in [6.07, 6.45) is 17.6. The number of ether oxygens (including phenoxy) is 1. The zero-order chi connectivity index (χ0) is 33.5. The number of aliphatic carboxylic acids is 1. The summed E-state index contributed by atoms with van der Waals surface area (Å²) in [6, 6.07) is 4.10. The lowest BCUT2D eigenvalue weighted by Gasteiger charge is -2.61. The molecule has 0 amide bonds. The topological polar surface area (TPSA) is 105 Å². The first-order chi connectivity index (χ1) is 21.9. The molecule has 2 bridgehead atoms. The van der Waals surface area contributed by atoms with Crippen LogP contribution in [0.2, 0.25) is 0 Å². The molecule has 3 aliphatic carbocycles. The molecule has 1 aromatic heterocycles. The van der Waals surface area contributed by atoms with Crippen molar-refractivity contribution in [3.63, 3.8) is 0 Å². The first kappa shape index (κ1) is 40.0. The molecule has 3 fully saturated rings. The number of Topliss-reactive ketones (excluding diaryl/α,β-unsaturated/α-hetero) is 1. The summed E-state index contributed by atoms with van der Waals surface area (Å²) in [5, 5.41) is 20.4. The van der Waals surface area contributed by atoms with E-state index in [-0.39, 0.29) is 71.1 Å². The van der Waals surface area contributed by atoms with Crippen molar-refractivity contribution in [2.75, 3.05) is 5.75 Å². The summed E-state index contributed by atoms with van der Waals surface area (Å²) in [4.78, 5) is 38.6. The van der Waals surface area contributed by atoms with E-state index >= 15 is 0 Å². The van der Waals surface area contributed by atoms with Gasteiger partial charge < -0.3 is 38.9 Å². The maximum absolute atomic E-state index is 13.6. The number of ketones is 1. The van der Waals surface area contributed by atoms with E-state index in [1.807, 2.05) is 25.1 Å². The van der Waals surface area contributed by atoms with Gasteiger partial charge in [-0.3, -0.25) is 14.4 Å². The number of hydrogen-bond acceptors (Lipinski definition) is 6. The molecule has 264 valence electrons. The molecule has 7 nitrogen and oxygen atoms in total. The van der Waals surface area contributed by atoms with Crippen LogP contribution in [0.4, 0.5) is 0 Å². The molecule has 4 rings (SSSR count). The molecule has 0 aromatic carbocycles. The number of nitrogens with zero attached hydrogens (tertiary/aromatic N) is 1. The zero-order valence-electron chi connectivity index (χ0n) is 29.1. The number of carboxylic acids is 1. The molecule has 0 spiro atoms. The predicted octanol–water partition coefficient (Wildman–Crippen LogP) is 4.57. The third-order valence-electron chi connectivity index (χ3n) is 12.3. The molecule has 9 heteroatoms. The van der Waals surface area contributed by atoms with Gasteiger partial charge in [-0.15, -0.1) is 18.3 Å². The van der Waals surface area contributed by atoms with Crippen molar-refractivity contribution in [2.24, 2.45) is 34.0 Å². The molecule has 3 aliphatic rings. The van der Waals surface area contributed by atoms with Crippen molar-refractivity contribution in [2.45, 2.75) is 141 Å². The monoisotopic (exact) mass is 783 g/mol. The summed E-state index contributed by atoms with van der Waals surface area (Å²) in [5.74, 6) is -0.559. The highest BCUT2D eigenvalue weighted by Crippen LogP contribution is 2.68. The van der Waals surface area contributed by atoms with Gasteiger partial charge in [0.05, 0.1) is 11.9 Å². The fraction of sp³-hybridized carbons (Fsp3) is 0.737. The number of hydrogen-bond donors (Lipinski definition) is 2. The Labute approximate surface area is 304 Å². The van der Waals surface area contributed by atoms with Gasteiger partial charge >= 0.3 is 11.9 Å². The van der Waals surface area contributed by atoms with E-state index in [0.717, 1.165) is 56.4 Å². The second kappa shape index (κ2) is 17.5. The number of carbonyl (C=O) groups excluding carboxylic acids is 2. The van der Waals surface area contributed by atoms with Crippen LogP contribution in [0, 0.1) is 34.0 Å². The average molecular weight is 784 g/mol. The summed E-state index contributed by atoms with van der Waals surface area (Å²) >= 11 is 1.47. The number of carbonyl (C=O) groups is 3. The minimum absolute atomic E-state index is 0. The maximum atomic E-state index is 13.6. The van der Waals surface area contributed by atoms with E-state index in [2.05, 4.69) is 44.3 Å². The van der Waals surface area contributed by atoms with E-state index in [4.69, 9.17) is 9.84 Å². The molecule has 2 N–H and O–H groups in total. The fourth-order valence-corrected chi connectivity index (χ4v) is 9.82. The van der Waals surface area contributed by atoms with E-state index in [0.29, 0.717) is 12.8 Å². The van der Waals surface area contributed by atoms with E-state index in [1.54, 1.807) is 0 Å². The fourth-order valence-electron chi connectivity index (χ4n) is 9.16. The molecule has 0 unspecified atom stereocenters. The molecule has 1 aromatic rings. The smallest absolute Gasteiger partial charge is 0.316 e. The highest BCUT2D eigenvalue weighted by atomic mass is 127. The van der Waals surface area contributed by atoms with Crippen LogP contribution in [0.1, 0.15) is 118 Å². The largest absolute Gasteiger partial charge is 1.00 e. The highest BCUT2D eigenvalue weighted by Gasteiger charge is 2.68. The maximum Gasteiger partial charge on any atom is 0.316 e. The van der Waals surface area contributed by atoms with Crippen molar-refractivity contribution in [1.82, 2.24) is 0 Å². The normalized spacial score (nSPS) is 33.2. The van der Waals surface area contributed by atoms with Gasteiger partial charge in [0.2, 0.25) is 0 Å². The molecule has 0 radical (unpaired) electrons. The SMILES string of the molecule is C=C[C@]1(C)C[C@@H](OC(=O)CSc2cc[n+](CCCCCCCCCCC(=O)O)cc2)[C@]2(C)[C@H](C)CC[C@]3(CCC(=O)[C@H]32)[C@@H](C)[C@@H]1O.[I-]. The second-order valence-electron chi connectivity index (χ2n) is 15.1. The highest BCUT2D eigenvalue weighted by molar-refractivity contribution is 8.00. The number of unbranched alkanes of at least 4 members (excludes halogenated alkanes) is 7. The van der Waals surface area contributed by atoms with E-state index in [1.165, 1.54) is 37.4 Å². The van der Waals surface area contributed by atoms with Crippen LogP contribution in [0.5, 0.6) is 0 Å². The Kier molecular flexibility index (Phi) is 14.9. The Hall–Kier alpha value is -1.46. The number of aliphatic hydroxyl groups excluding tert-OH is 1. The van der Waals surface area contributed by atoms with Crippen molar-refractivity contribution in [3.05, 3.63) is 37.2 Å². The van der Waals surface area contributed by atoms with Crippen molar-refractivity contribution in [1.29, 1.82) is 0 Å². The summed E-state index contributed by atoms with van der Waals surface area (Å²) < 4.78 is 8.57. The summed E-state index contributed by atoms with van der Waals surface area (Å²) in [5.41, 5.74) is -1.40. The number of halogens is 1. The third-order valence-corrected chi connectivity index (χ3v) is 13.3. The zero-order valence-corrected chi connectivity index (χ0v) is 32.0. The van der Waals surface area contributed by atoms with E-state index in [9.17, 15) is 19.5 Å². The number of aliphatic hydroxyl groups is 1. The molecule has 1 heterocycles. The van der Waals surface area contributed by atoms with Crippen LogP contribution in [-0.2, 0) is 25.7 Å². The van der Waals surface area contributed by atoms with Crippen molar-refractivity contribution in [3.8, 4) is 0 Å². The number of carboxylic acid groups (broad SMARTS) is 1. The number of esters is 1. The predicted molar refractivity (Wildman–Crippen MR) is 181 cm³/mol. The number of rotatable bonds is 16. The van der Waals surface area contributed by atoms with Crippen LogP contribution in [0.3, 0.4) is 0 Å². The minimum atomic E-state index is -0.701. The van der Waals surface area contributed by atoms with Crippen LogP contribution < -0.4 is 28.5 Å². The van der Waals surface area contributed by atoms with Crippen molar-refractivity contribution < 1.29 is 57.9 Å². The number of pyridine rings is 1. The van der Waals surface area contributed by atoms with Crippen LogP contribution in [-0.4, -0.2) is 45.9 Å². The quantitative estimate of drug-likeness (QED) is 0.0633. The number of aromatic nitrogens is 1. The van der Waals surface area contributed by atoms with Gasteiger partial charge in [0, 0.05) is 53.0 Å². The van der Waals surface area contributed by atoms with Crippen LogP contribution in [0.25, 0.3) is 0 Å². The lowest BCUT2D eigenvalue weighted by Crippen LogP contribution is -3.00. The Bertz CT molecular complexity index is 1230. The Morgan fingerprint density at radius 3 is 2.28 bits per heavy atom. The van der Waals surface area contributed by atoms with Crippen molar-refractivity contribution >= 4 is 29.5 Å². The molecule has 3 saturated carbocycles. The van der Waals surface area contributed by atoms with Gasteiger partial charge in [-0.1, -0.05) is 65.9 Å². The van der Waals surface area contributed by atoms with Gasteiger partial charge in [0.1, 0.15) is 18.4 Å². The molecular weight excluding hydrogens is 725 g/mol. The third kappa shape index (κ3) is 9.02. The molecule has 8 atom stereocenters. The Balaban J connectivity index is 0.00000600. The minimum Gasteiger partial charge on any atom is -1.00 e. The van der Waals surface area contributed by atoms with Gasteiger partial charge in [-0.05, 0) is 55.8 Å². The van der Waals surface area contributed by atoms with Crippen LogP contribution in [0.15, 0.2) is 42.1 Å². The molecule has 47 heavy (non-hydrogen) atoms. The molecular formula is C38H58INO6S.